The highest BCUT2D eigenvalue weighted by Crippen LogP contribution is 2.27. The summed E-state index contributed by atoms with van der Waals surface area (Å²) in [5, 5.41) is 7.34. The number of carbonyl (C=O) groups excluding carboxylic acids is 1. The highest BCUT2D eigenvalue weighted by molar-refractivity contribution is 5.86. The number of aryl methyl sites for hydroxylation is 2. The molecule has 0 bridgehead atoms. The van der Waals surface area contributed by atoms with E-state index in [0.29, 0.717) is 6.42 Å². The smallest absolute Gasteiger partial charge is 0.256 e. The number of hydrogen-bond acceptors (Lipinski definition) is 3. The minimum absolute atomic E-state index is 0.143. The first-order chi connectivity index (χ1) is 11.7. The van der Waals surface area contributed by atoms with Gasteiger partial charge in [-0.3, -0.25) is 9.48 Å². The maximum absolute atomic E-state index is 14.2. The first-order valence-corrected chi connectivity index (χ1v) is 8.31. The Kier molecular flexibility index (Phi) is 5.62. The molecule has 136 valence electrons. The van der Waals surface area contributed by atoms with Gasteiger partial charge in [0, 0.05) is 31.5 Å². The van der Waals surface area contributed by atoms with Crippen molar-refractivity contribution in [2.75, 3.05) is 7.11 Å². The molecule has 0 saturated heterocycles. The maximum atomic E-state index is 14.2. The van der Waals surface area contributed by atoms with Crippen LogP contribution in [0.1, 0.15) is 36.4 Å². The van der Waals surface area contributed by atoms with Crippen LogP contribution >= 0.6 is 0 Å². The fraction of sp³-hybridized carbons (Fsp3) is 0.474. The molecule has 6 heteroatoms. The lowest BCUT2D eigenvalue weighted by Crippen LogP contribution is -2.48. The molecule has 0 unspecified atom stereocenters. The van der Waals surface area contributed by atoms with Crippen molar-refractivity contribution >= 4 is 5.91 Å². The summed E-state index contributed by atoms with van der Waals surface area (Å²) in [6, 6.07) is 6.03. The highest BCUT2D eigenvalue weighted by Gasteiger charge is 2.38. The van der Waals surface area contributed by atoms with Crippen LogP contribution in [0, 0.1) is 19.7 Å². The van der Waals surface area contributed by atoms with E-state index < -0.39 is 11.4 Å². The molecule has 1 aromatic heterocycles. The molecule has 0 spiro atoms. The Morgan fingerprint density at radius 2 is 2.04 bits per heavy atom. The summed E-state index contributed by atoms with van der Waals surface area (Å²) >= 11 is 0. The molecule has 1 N–H and O–H groups in total. The molecule has 0 saturated carbocycles. The van der Waals surface area contributed by atoms with Crippen LogP contribution in [0.2, 0.25) is 0 Å². The summed E-state index contributed by atoms with van der Waals surface area (Å²) in [5.41, 5.74) is 1.96. The molecule has 1 amide bonds. The van der Waals surface area contributed by atoms with Gasteiger partial charge in [-0.2, -0.15) is 5.10 Å². The lowest BCUT2D eigenvalue weighted by molar-refractivity contribution is -0.143. The Labute approximate surface area is 148 Å². The zero-order valence-corrected chi connectivity index (χ0v) is 15.7. The average Bonchev–Trinajstić information content (AvgIpc) is 2.80. The van der Waals surface area contributed by atoms with Crippen LogP contribution < -0.4 is 5.32 Å². The van der Waals surface area contributed by atoms with Crippen molar-refractivity contribution in [1.82, 2.24) is 15.1 Å². The van der Waals surface area contributed by atoms with Gasteiger partial charge in [0.1, 0.15) is 5.82 Å². The average molecular weight is 347 g/mol. The molecular formula is C19H26FN3O2. The maximum Gasteiger partial charge on any atom is 0.256 e. The fourth-order valence-corrected chi connectivity index (χ4v) is 3.00. The van der Waals surface area contributed by atoms with Gasteiger partial charge in [-0.25, -0.2) is 4.39 Å². The van der Waals surface area contributed by atoms with E-state index in [9.17, 15) is 9.18 Å². The molecule has 5 nitrogen and oxygen atoms in total. The van der Waals surface area contributed by atoms with Crippen molar-refractivity contribution in [3.05, 3.63) is 52.6 Å². The second-order valence-corrected chi connectivity index (χ2v) is 6.57. The van der Waals surface area contributed by atoms with E-state index in [1.165, 1.54) is 13.2 Å². The number of aromatic nitrogens is 2. The minimum atomic E-state index is -1.39. The van der Waals surface area contributed by atoms with Gasteiger partial charge in [0.2, 0.25) is 0 Å². The summed E-state index contributed by atoms with van der Waals surface area (Å²) < 4.78 is 21.4. The van der Waals surface area contributed by atoms with Gasteiger partial charge in [-0.15, -0.1) is 0 Å². The first-order valence-electron chi connectivity index (χ1n) is 8.31. The molecule has 0 fully saturated rings. The molecule has 2 atom stereocenters. The van der Waals surface area contributed by atoms with Crippen molar-refractivity contribution in [3.63, 3.8) is 0 Å². The number of nitrogens with zero attached hydrogens (tertiary/aromatic N) is 2. The topological polar surface area (TPSA) is 56.1 Å². The molecule has 0 aliphatic carbocycles. The molecule has 0 aliphatic rings. The summed E-state index contributed by atoms with van der Waals surface area (Å²) in [5.74, 6) is -0.833. The number of halogens is 1. The molecule has 25 heavy (non-hydrogen) atoms. The Hall–Kier alpha value is -2.21. The van der Waals surface area contributed by atoms with Crippen LogP contribution in [-0.4, -0.2) is 28.8 Å². The quantitative estimate of drug-likeness (QED) is 0.874. The van der Waals surface area contributed by atoms with Crippen LogP contribution in [-0.2, 0) is 28.6 Å². The lowest BCUT2D eigenvalue weighted by atomic mass is 9.93. The third-order valence-electron chi connectivity index (χ3n) is 4.78. The van der Waals surface area contributed by atoms with Crippen LogP contribution in [0.3, 0.4) is 0 Å². The van der Waals surface area contributed by atoms with E-state index in [4.69, 9.17) is 4.74 Å². The van der Waals surface area contributed by atoms with E-state index in [2.05, 4.69) is 10.4 Å². The largest absolute Gasteiger partial charge is 0.364 e. The van der Waals surface area contributed by atoms with E-state index in [-0.39, 0.29) is 17.5 Å². The number of ether oxygens (including phenoxy) is 1. The van der Waals surface area contributed by atoms with Gasteiger partial charge in [0.15, 0.2) is 5.60 Å². The fourth-order valence-electron chi connectivity index (χ4n) is 3.00. The third kappa shape index (κ3) is 3.74. The lowest BCUT2D eigenvalue weighted by Gasteiger charge is -2.29. The molecule has 2 rings (SSSR count). The number of nitrogens with one attached hydrogen (secondary N) is 1. The van der Waals surface area contributed by atoms with Gasteiger partial charge < -0.3 is 10.1 Å². The van der Waals surface area contributed by atoms with Crippen LogP contribution in [0.4, 0.5) is 4.39 Å². The second-order valence-electron chi connectivity index (χ2n) is 6.57. The number of hydrogen-bond donors (Lipinski definition) is 1. The molecule has 0 radical (unpaired) electrons. The van der Waals surface area contributed by atoms with Crippen molar-refractivity contribution in [2.24, 2.45) is 7.05 Å². The number of amides is 1. The monoisotopic (exact) mass is 347 g/mol. The van der Waals surface area contributed by atoms with Crippen molar-refractivity contribution < 1.29 is 13.9 Å². The third-order valence-corrected chi connectivity index (χ3v) is 4.78. The standard InChI is InChI=1S/C19H26FN3O2/c1-12(11-15-13(2)22-23(5)14(15)3)21-18(24)19(4,25-6)16-9-7-8-10-17(16)20/h7-10,12H,11H2,1-6H3,(H,21,24)/t12-,19+/m0/s1. The zero-order valence-electron chi connectivity index (χ0n) is 15.7. The van der Waals surface area contributed by atoms with E-state index in [1.54, 1.807) is 25.1 Å². The molecule has 1 heterocycles. The second kappa shape index (κ2) is 7.35. The van der Waals surface area contributed by atoms with Gasteiger partial charge in [-0.05, 0) is 45.7 Å². The van der Waals surface area contributed by atoms with Crippen LogP contribution in [0.25, 0.3) is 0 Å². The zero-order chi connectivity index (χ0) is 18.8. The Bertz CT molecular complexity index is 772. The predicted molar refractivity (Wildman–Crippen MR) is 94.8 cm³/mol. The van der Waals surface area contributed by atoms with Crippen LogP contribution in [0.15, 0.2) is 24.3 Å². The Balaban J connectivity index is 2.18. The molecule has 0 aliphatic heterocycles. The normalized spacial score (nSPS) is 14.8. The predicted octanol–water partition coefficient (Wildman–Crippen LogP) is 2.79. The Morgan fingerprint density at radius 3 is 2.56 bits per heavy atom. The van der Waals surface area contributed by atoms with E-state index in [0.717, 1.165) is 17.0 Å². The molecule has 2 aromatic rings. The number of benzene rings is 1. The number of methoxy groups -OCH3 is 1. The highest BCUT2D eigenvalue weighted by atomic mass is 19.1. The van der Waals surface area contributed by atoms with Gasteiger partial charge in [-0.1, -0.05) is 18.2 Å². The molecule has 1 aromatic carbocycles. The Morgan fingerprint density at radius 1 is 1.40 bits per heavy atom. The van der Waals surface area contributed by atoms with E-state index >= 15 is 0 Å². The van der Waals surface area contributed by atoms with Crippen LogP contribution in [0.5, 0.6) is 0 Å². The summed E-state index contributed by atoms with van der Waals surface area (Å²) in [7, 11) is 3.31. The summed E-state index contributed by atoms with van der Waals surface area (Å²) in [4.78, 5) is 12.8. The molecular weight excluding hydrogens is 321 g/mol. The van der Waals surface area contributed by atoms with Gasteiger partial charge in [0.25, 0.3) is 5.91 Å². The van der Waals surface area contributed by atoms with Crippen molar-refractivity contribution in [3.8, 4) is 0 Å². The SMILES string of the molecule is CO[C@@](C)(C(=O)N[C@@H](C)Cc1c(C)nn(C)c1C)c1ccccc1F. The minimum Gasteiger partial charge on any atom is -0.364 e. The summed E-state index contributed by atoms with van der Waals surface area (Å²) in [6.45, 7) is 7.45. The number of rotatable bonds is 6. The number of carbonyl (C=O) groups is 1. The van der Waals surface area contributed by atoms with Crippen molar-refractivity contribution in [1.29, 1.82) is 0 Å². The van der Waals surface area contributed by atoms with E-state index in [1.807, 2.05) is 32.5 Å². The van der Waals surface area contributed by atoms with Gasteiger partial charge >= 0.3 is 0 Å². The van der Waals surface area contributed by atoms with Crippen molar-refractivity contribution in [2.45, 2.75) is 45.8 Å². The van der Waals surface area contributed by atoms with Gasteiger partial charge in [0.05, 0.1) is 5.69 Å². The summed E-state index contributed by atoms with van der Waals surface area (Å²) in [6.07, 6.45) is 0.647. The first kappa shape index (κ1) is 19.1.